The maximum Gasteiger partial charge on any atom is 0.240 e. The van der Waals surface area contributed by atoms with Gasteiger partial charge in [0.25, 0.3) is 0 Å². The van der Waals surface area contributed by atoms with Crippen LogP contribution in [0.1, 0.15) is 11.3 Å². The topological polar surface area (TPSA) is 98.0 Å². The van der Waals surface area contributed by atoms with Gasteiger partial charge in [0.05, 0.1) is 23.1 Å². The lowest BCUT2D eigenvalue weighted by atomic mass is 10.1. The number of nitrogens with zero attached hydrogens (tertiary/aromatic N) is 2. The van der Waals surface area contributed by atoms with Gasteiger partial charge in [0.1, 0.15) is 11.9 Å². The summed E-state index contributed by atoms with van der Waals surface area (Å²) in [5.41, 5.74) is 7.88. The minimum atomic E-state index is -0.925. The Labute approximate surface area is 149 Å². The number of aromatic nitrogens is 2. The smallest absolute Gasteiger partial charge is 0.240 e. The molecule has 0 bridgehead atoms. The quantitative estimate of drug-likeness (QED) is 0.703. The van der Waals surface area contributed by atoms with E-state index >= 15 is 0 Å². The molecule has 0 unspecified atom stereocenters. The molecule has 0 saturated heterocycles. The van der Waals surface area contributed by atoms with Crippen molar-refractivity contribution in [2.75, 3.05) is 0 Å². The summed E-state index contributed by atoms with van der Waals surface area (Å²) in [5.74, 6) is -1.52. The number of para-hydroxylation sites is 2. The van der Waals surface area contributed by atoms with Crippen LogP contribution in [-0.2, 0) is 22.4 Å². The van der Waals surface area contributed by atoms with Crippen molar-refractivity contribution in [3.05, 3.63) is 71.8 Å². The van der Waals surface area contributed by atoms with Gasteiger partial charge in [0, 0.05) is 12.6 Å². The standard InChI is InChI=1S/C19H17FN4O2/c20-13-5-3-4-12(8-13)9-18(25)24-17(19(21)26)10-14-11-22-15-6-1-2-7-16(15)23-14/h1-8,11,17H,9-10H2,(H2,21,26)(H,24,25)/t17-/m1/s1. The van der Waals surface area contributed by atoms with Crippen LogP contribution in [0.25, 0.3) is 11.0 Å². The molecule has 0 aliphatic carbocycles. The van der Waals surface area contributed by atoms with E-state index in [4.69, 9.17) is 5.73 Å². The first-order chi connectivity index (χ1) is 12.5. The van der Waals surface area contributed by atoms with E-state index in [1.54, 1.807) is 12.3 Å². The van der Waals surface area contributed by atoms with Crippen LogP contribution in [0.2, 0.25) is 0 Å². The Morgan fingerprint density at radius 2 is 1.88 bits per heavy atom. The molecule has 132 valence electrons. The van der Waals surface area contributed by atoms with Gasteiger partial charge in [-0.15, -0.1) is 0 Å². The largest absolute Gasteiger partial charge is 0.368 e. The third-order valence-corrected chi connectivity index (χ3v) is 3.84. The summed E-state index contributed by atoms with van der Waals surface area (Å²) in [7, 11) is 0. The summed E-state index contributed by atoms with van der Waals surface area (Å²) in [6, 6.07) is 12.1. The minimum Gasteiger partial charge on any atom is -0.368 e. The van der Waals surface area contributed by atoms with Crippen LogP contribution in [0.5, 0.6) is 0 Å². The van der Waals surface area contributed by atoms with Crippen LogP contribution in [0.15, 0.2) is 54.7 Å². The summed E-state index contributed by atoms with van der Waals surface area (Å²) >= 11 is 0. The second kappa shape index (κ2) is 7.69. The molecule has 0 aliphatic rings. The zero-order chi connectivity index (χ0) is 18.5. The Kier molecular flexibility index (Phi) is 5.17. The normalized spacial score (nSPS) is 11.9. The van der Waals surface area contributed by atoms with Crippen molar-refractivity contribution in [2.24, 2.45) is 5.73 Å². The fraction of sp³-hybridized carbons (Fsp3) is 0.158. The Balaban J connectivity index is 1.70. The molecule has 2 amide bonds. The van der Waals surface area contributed by atoms with E-state index in [-0.39, 0.29) is 12.8 Å². The van der Waals surface area contributed by atoms with E-state index in [0.717, 1.165) is 5.52 Å². The van der Waals surface area contributed by atoms with Gasteiger partial charge in [-0.25, -0.2) is 9.37 Å². The van der Waals surface area contributed by atoms with Gasteiger partial charge in [-0.2, -0.15) is 0 Å². The number of halogens is 1. The van der Waals surface area contributed by atoms with Crippen LogP contribution < -0.4 is 11.1 Å². The van der Waals surface area contributed by atoms with Gasteiger partial charge < -0.3 is 11.1 Å². The van der Waals surface area contributed by atoms with Crippen LogP contribution in [0.4, 0.5) is 4.39 Å². The first-order valence-electron chi connectivity index (χ1n) is 8.05. The second-order valence-corrected chi connectivity index (χ2v) is 5.88. The van der Waals surface area contributed by atoms with Gasteiger partial charge in [-0.05, 0) is 29.8 Å². The molecule has 3 aromatic rings. The number of fused-ring (bicyclic) bond motifs is 1. The number of primary amides is 1. The van der Waals surface area contributed by atoms with E-state index < -0.39 is 23.7 Å². The molecule has 7 heteroatoms. The molecule has 0 aliphatic heterocycles. The molecule has 0 spiro atoms. The number of hydrogen-bond acceptors (Lipinski definition) is 4. The molecular weight excluding hydrogens is 335 g/mol. The molecule has 0 saturated carbocycles. The maximum absolute atomic E-state index is 13.2. The third-order valence-electron chi connectivity index (χ3n) is 3.84. The first-order valence-corrected chi connectivity index (χ1v) is 8.05. The molecule has 1 atom stereocenters. The summed E-state index contributed by atoms with van der Waals surface area (Å²) in [6.45, 7) is 0. The number of nitrogens with one attached hydrogen (secondary N) is 1. The van der Waals surface area contributed by atoms with Gasteiger partial charge >= 0.3 is 0 Å². The maximum atomic E-state index is 13.2. The van der Waals surface area contributed by atoms with Crippen LogP contribution >= 0.6 is 0 Å². The number of nitrogens with two attached hydrogens (primary N) is 1. The van der Waals surface area contributed by atoms with Crippen molar-refractivity contribution < 1.29 is 14.0 Å². The Hall–Kier alpha value is -3.35. The van der Waals surface area contributed by atoms with Crippen LogP contribution in [0, 0.1) is 5.82 Å². The Morgan fingerprint density at radius 3 is 2.62 bits per heavy atom. The third kappa shape index (κ3) is 4.38. The van der Waals surface area contributed by atoms with Gasteiger partial charge in [-0.1, -0.05) is 24.3 Å². The molecule has 0 fully saturated rings. The summed E-state index contributed by atoms with van der Waals surface area (Å²) in [6.07, 6.45) is 1.63. The number of carbonyl (C=O) groups is 2. The summed E-state index contributed by atoms with van der Waals surface area (Å²) in [5, 5.41) is 2.58. The van der Waals surface area contributed by atoms with Crippen molar-refractivity contribution in [3.63, 3.8) is 0 Å². The van der Waals surface area contributed by atoms with E-state index in [1.807, 2.05) is 24.3 Å². The molecule has 0 radical (unpaired) electrons. The predicted molar refractivity (Wildman–Crippen MR) is 94.5 cm³/mol. The highest BCUT2D eigenvalue weighted by Gasteiger charge is 2.20. The zero-order valence-electron chi connectivity index (χ0n) is 13.9. The highest BCUT2D eigenvalue weighted by atomic mass is 19.1. The van der Waals surface area contributed by atoms with Crippen molar-refractivity contribution in [3.8, 4) is 0 Å². The van der Waals surface area contributed by atoms with Crippen molar-refractivity contribution in [1.82, 2.24) is 15.3 Å². The van der Waals surface area contributed by atoms with Crippen molar-refractivity contribution in [2.45, 2.75) is 18.9 Å². The fourth-order valence-corrected chi connectivity index (χ4v) is 2.60. The van der Waals surface area contributed by atoms with Crippen LogP contribution in [-0.4, -0.2) is 27.8 Å². The Bertz CT molecular complexity index is 961. The molecule has 1 heterocycles. The number of benzene rings is 2. The van der Waals surface area contributed by atoms with Gasteiger partial charge in [0.15, 0.2) is 0 Å². The molecule has 3 N–H and O–H groups in total. The molecule has 2 aromatic carbocycles. The second-order valence-electron chi connectivity index (χ2n) is 5.88. The molecular formula is C19H17FN4O2. The van der Waals surface area contributed by atoms with Crippen molar-refractivity contribution >= 4 is 22.8 Å². The van der Waals surface area contributed by atoms with E-state index in [2.05, 4.69) is 15.3 Å². The minimum absolute atomic E-state index is 0.0507. The lowest BCUT2D eigenvalue weighted by Gasteiger charge is -2.15. The summed E-state index contributed by atoms with van der Waals surface area (Å²) in [4.78, 5) is 32.6. The molecule has 1 aromatic heterocycles. The Morgan fingerprint density at radius 1 is 1.12 bits per heavy atom. The highest BCUT2D eigenvalue weighted by Crippen LogP contribution is 2.10. The number of carbonyl (C=O) groups excluding carboxylic acids is 2. The zero-order valence-corrected chi connectivity index (χ0v) is 13.9. The summed E-state index contributed by atoms with van der Waals surface area (Å²) < 4.78 is 13.2. The molecule has 6 nitrogen and oxygen atoms in total. The van der Waals surface area contributed by atoms with Gasteiger partial charge in [0.2, 0.25) is 11.8 Å². The molecule has 3 rings (SSSR count). The van der Waals surface area contributed by atoms with Crippen molar-refractivity contribution in [1.29, 1.82) is 0 Å². The number of rotatable bonds is 6. The lowest BCUT2D eigenvalue weighted by Crippen LogP contribution is -2.46. The molecule has 26 heavy (non-hydrogen) atoms. The average Bonchev–Trinajstić information content (AvgIpc) is 2.61. The fourth-order valence-electron chi connectivity index (χ4n) is 2.60. The van der Waals surface area contributed by atoms with E-state index in [0.29, 0.717) is 16.8 Å². The number of hydrogen-bond donors (Lipinski definition) is 2. The van der Waals surface area contributed by atoms with E-state index in [1.165, 1.54) is 18.2 Å². The van der Waals surface area contributed by atoms with E-state index in [9.17, 15) is 14.0 Å². The van der Waals surface area contributed by atoms with Crippen LogP contribution in [0.3, 0.4) is 0 Å². The average molecular weight is 352 g/mol. The number of amides is 2. The highest BCUT2D eigenvalue weighted by molar-refractivity contribution is 5.87. The lowest BCUT2D eigenvalue weighted by molar-refractivity contribution is -0.127. The SMILES string of the molecule is NC(=O)[C@@H](Cc1cnc2ccccc2n1)NC(=O)Cc1cccc(F)c1. The predicted octanol–water partition coefficient (Wildman–Crippen LogP) is 1.52. The van der Waals surface area contributed by atoms with Gasteiger partial charge in [-0.3, -0.25) is 14.6 Å². The monoisotopic (exact) mass is 352 g/mol. The first kappa shape index (κ1) is 17.5.